The van der Waals surface area contributed by atoms with Crippen LogP contribution in [-0.2, 0) is 6.42 Å². The normalized spacial score (nSPS) is 13.8. The van der Waals surface area contributed by atoms with Crippen LogP contribution in [0.4, 0.5) is 0 Å². The molecule has 3 nitrogen and oxygen atoms in total. The van der Waals surface area contributed by atoms with Gasteiger partial charge < -0.3 is 15.4 Å². The average Bonchev–Trinajstić information content (AvgIpc) is 3.07. The average molecular weight is 355 g/mol. The highest BCUT2D eigenvalue weighted by Crippen LogP contribution is 2.27. The first-order valence-electron chi connectivity index (χ1n) is 8.86. The first kappa shape index (κ1) is 18.1. The number of aromatic nitrogens is 1. The van der Waals surface area contributed by atoms with Crippen LogP contribution in [0.25, 0.3) is 10.9 Å². The second-order valence-electron chi connectivity index (χ2n) is 6.50. The van der Waals surface area contributed by atoms with E-state index in [1.807, 2.05) is 24.4 Å². The van der Waals surface area contributed by atoms with Gasteiger partial charge in [-0.1, -0.05) is 48.5 Å². The second-order valence-corrected chi connectivity index (χ2v) is 7.56. The van der Waals surface area contributed by atoms with Crippen molar-refractivity contribution in [1.82, 2.24) is 10.3 Å². The van der Waals surface area contributed by atoms with Gasteiger partial charge in [0.1, 0.15) is 0 Å². The molecule has 1 heterocycles. The Hall–Kier alpha value is -1.75. The van der Waals surface area contributed by atoms with E-state index < -0.39 is 0 Å². The lowest BCUT2D eigenvalue weighted by Gasteiger charge is -2.17. The standard InChI is InChI=1S/C21H26N2OS/c1-16(11-12-17-7-3-2-4-8-17)22-13-18(24)15-25-21-14-23-20-10-6-5-9-19(20)21/h2-10,14,16,18,22-24H,11-13,15H2,1H3. The molecule has 0 aliphatic heterocycles. The highest BCUT2D eigenvalue weighted by atomic mass is 32.2. The molecule has 2 aromatic carbocycles. The first-order chi connectivity index (χ1) is 12.2. The number of benzene rings is 2. The Kier molecular flexibility index (Phi) is 6.56. The molecule has 0 bridgehead atoms. The number of para-hydroxylation sites is 1. The van der Waals surface area contributed by atoms with Crippen LogP contribution in [0.2, 0.25) is 0 Å². The van der Waals surface area contributed by atoms with E-state index in [-0.39, 0.29) is 6.10 Å². The van der Waals surface area contributed by atoms with Crippen LogP contribution >= 0.6 is 11.8 Å². The van der Waals surface area contributed by atoms with E-state index in [9.17, 15) is 5.11 Å². The molecule has 3 aromatic rings. The predicted molar refractivity (Wildman–Crippen MR) is 107 cm³/mol. The van der Waals surface area contributed by atoms with Gasteiger partial charge in [0.2, 0.25) is 0 Å². The van der Waals surface area contributed by atoms with Gasteiger partial charge in [-0.3, -0.25) is 0 Å². The van der Waals surface area contributed by atoms with Gasteiger partial charge >= 0.3 is 0 Å². The minimum atomic E-state index is -0.349. The van der Waals surface area contributed by atoms with Crippen molar-refractivity contribution in [2.24, 2.45) is 0 Å². The molecule has 1 aromatic heterocycles. The zero-order valence-electron chi connectivity index (χ0n) is 14.6. The van der Waals surface area contributed by atoms with Crippen molar-refractivity contribution >= 4 is 22.7 Å². The summed E-state index contributed by atoms with van der Waals surface area (Å²) in [5.74, 6) is 0.695. The van der Waals surface area contributed by atoms with Crippen LogP contribution < -0.4 is 5.32 Å². The molecule has 0 spiro atoms. The van der Waals surface area contributed by atoms with Crippen molar-refractivity contribution in [2.75, 3.05) is 12.3 Å². The summed E-state index contributed by atoms with van der Waals surface area (Å²) in [6.07, 6.45) is 3.82. The van der Waals surface area contributed by atoms with E-state index in [1.165, 1.54) is 15.8 Å². The Morgan fingerprint density at radius 2 is 1.84 bits per heavy atom. The summed E-state index contributed by atoms with van der Waals surface area (Å²) in [5.41, 5.74) is 2.51. The van der Waals surface area contributed by atoms with Crippen molar-refractivity contribution < 1.29 is 5.11 Å². The van der Waals surface area contributed by atoms with Crippen molar-refractivity contribution in [2.45, 2.75) is 36.8 Å². The Labute approximate surface area is 153 Å². The fourth-order valence-corrected chi connectivity index (χ4v) is 3.84. The van der Waals surface area contributed by atoms with Crippen LogP contribution in [-0.4, -0.2) is 34.5 Å². The summed E-state index contributed by atoms with van der Waals surface area (Å²) in [4.78, 5) is 4.48. The number of fused-ring (bicyclic) bond motifs is 1. The summed E-state index contributed by atoms with van der Waals surface area (Å²) in [6.45, 7) is 2.81. The maximum Gasteiger partial charge on any atom is 0.0758 e. The van der Waals surface area contributed by atoms with Gasteiger partial charge in [-0.2, -0.15) is 0 Å². The number of H-pyrrole nitrogens is 1. The maximum atomic E-state index is 10.3. The quantitative estimate of drug-likeness (QED) is 0.504. The highest BCUT2D eigenvalue weighted by Gasteiger charge is 2.10. The lowest BCUT2D eigenvalue weighted by molar-refractivity contribution is 0.191. The molecule has 0 aliphatic rings. The number of rotatable bonds is 9. The predicted octanol–water partition coefficient (Wildman–Crippen LogP) is 4.23. The van der Waals surface area contributed by atoms with Crippen LogP contribution in [0.5, 0.6) is 0 Å². The van der Waals surface area contributed by atoms with Crippen molar-refractivity contribution in [3.05, 3.63) is 66.4 Å². The number of aliphatic hydroxyl groups is 1. The molecule has 0 fully saturated rings. The van der Waals surface area contributed by atoms with Crippen LogP contribution in [0.3, 0.4) is 0 Å². The Balaban J connectivity index is 1.38. The van der Waals surface area contributed by atoms with E-state index in [2.05, 4.69) is 53.6 Å². The van der Waals surface area contributed by atoms with Crippen molar-refractivity contribution in [3.63, 3.8) is 0 Å². The number of nitrogens with one attached hydrogen (secondary N) is 2. The molecular weight excluding hydrogens is 328 g/mol. The Morgan fingerprint density at radius 1 is 1.08 bits per heavy atom. The number of hydrogen-bond donors (Lipinski definition) is 3. The first-order valence-corrected chi connectivity index (χ1v) is 9.85. The number of thioether (sulfide) groups is 1. The maximum absolute atomic E-state index is 10.3. The summed E-state index contributed by atoms with van der Waals surface area (Å²) >= 11 is 1.71. The van der Waals surface area contributed by atoms with Crippen molar-refractivity contribution in [3.8, 4) is 0 Å². The molecule has 25 heavy (non-hydrogen) atoms. The highest BCUT2D eigenvalue weighted by molar-refractivity contribution is 7.99. The van der Waals surface area contributed by atoms with E-state index in [1.54, 1.807) is 11.8 Å². The molecule has 0 aliphatic carbocycles. The molecule has 0 radical (unpaired) electrons. The van der Waals surface area contributed by atoms with Crippen LogP contribution in [0, 0.1) is 0 Å². The van der Waals surface area contributed by atoms with Gasteiger partial charge in [-0.05, 0) is 31.4 Å². The fraction of sp³-hybridized carbons (Fsp3) is 0.333. The zero-order chi connectivity index (χ0) is 17.5. The second kappa shape index (κ2) is 9.09. The minimum Gasteiger partial charge on any atom is -0.391 e. The van der Waals surface area contributed by atoms with E-state index >= 15 is 0 Å². The largest absolute Gasteiger partial charge is 0.391 e. The number of aliphatic hydroxyl groups excluding tert-OH is 1. The molecule has 0 saturated heterocycles. The smallest absolute Gasteiger partial charge is 0.0758 e. The molecule has 132 valence electrons. The molecule has 3 N–H and O–H groups in total. The molecule has 0 amide bonds. The van der Waals surface area contributed by atoms with E-state index in [4.69, 9.17) is 0 Å². The van der Waals surface area contributed by atoms with E-state index in [0.717, 1.165) is 18.4 Å². The van der Waals surface area contributed by atoms with Gasteiger partial charge in [0.05, 0.1) is 6.10 Å². The molecular formula is C21H26N2OS. The summed E-state index contributed by atoms with van der Waals surface area (Å²) in [7, 11) is 0. The SMILES string of the molecule is CC(CCc1ccccc1)NCC(O)CSc1c[nH]c2ccccc12. The fourth-order valence-electron chi connectivity index (χ4n) is 2.88. The Bertz CT molecular complexity index is 772. The molecule has 2 atom stereocenters. The molecule has 3 rings (SSSR count). The zero-order valence-corrected chi connectivity index (χ0v) is 15.4. The topological polar surface area (TPSA) is 48.0 Å². The third-order valence-corrected chi connectivity index (χ3v) is 5.59. The third kappa shape index (κ3) is 5.36. The third-order valence-electron chi connectivity index (χ3n) is 4.39. The molecule has 2 unspecified atom stereocenters. The number of hydrogen-bond acceptors (Lipinski definition) is 3. The molecule has 0 saturated carbocycles. The van der Waals surface area contributed by atoms with Gasteiger partial charge in [-0.25, -0.2) is 0 Å². The summed E-state index contributed by atoms with van der Waals surface area (Å²) < 4.78 is 0. The van der Waals surface area contributed by atoms with Crippen molar-refractivity contribution in [1.29, 1.82) is 0 Å². The summed E-state index contributed by atoms with van der Waals surface area (Å²) in [5, 5.41) is 14.9. The van der Waals surface area contributed by atoms with Gasteiger partial charge in [0.15, 0.2) is 0 Å². The number of aryl methyl sites for hydroxylation is 1. The monoisotopic (exact) mass is 354 g/mol. The van der Waals surface area contributed by atoms with Gasteiger partial charge in [-0.15, -0.1) is 11.8 Å². The molecule has 4 heteroatoms. The van der Waals surface area contributed by atoms with E-state index in [0.29, 0.717) is 18.3 Å². The van der Waals surface area contributed by atoms with Gasteiger partial charge in [0.25, 0.3) is 0 Å². The number of aromatic amines is 1. The lowest BCUT2D eigenvalue weighted by Crippen LogP contribution is -2.35. The van der Waals surface area contributed by atoms with Crippen LogP contribution in [0.1, 0.15) is 18.9 Å². The van der Waals surface area contributed by atoms with Crippen LogP contribution in [0.15, 0.2) is 65.7 Å². The minimum absolute atomic E-state index is 0.349. The Morgan fingerprint density at radius 3 is 2.68 bits per heavy atom. The lowest BCUT2D eigenvalue weighted by atomic mass is 10.1. The summed E-state index contributed by atoms with van der Waals surface area (Å²) in [6, 6.07) is 19.2. The van der Waals surface area contributed by atoms with Gasteiger partial charge in [0, 0.05) is 40.3 Å².